The molecule has 4 heterocycles. The van der Waals surface area contributed by atoms with E-state index in [9.17, 15) is 19.5 Å². The van der Waals surface area contributed by atoms with E-state index >= 15 is 0 Å². The van der Waals surface area contributed by atoms with Gasteiger partial charge in [-0.3, -0.25) is 14.4 Å². The normalized spacial score (nSPS) is 29.4. The molecule has 2 aromatic rings. The summed E-state index contributed by atoms with van der Waals surface area (Å²) in [4.78, 5) is 48.5. The highest BCUT2D eigenvalue weighted by Crippen LogP contribution is 2.61. The van der Waals surface area contributed by atoms with Crippen molar-refractivity contribution in [2.24, 2.45) is 11.8 Å². The van der Waals surface area contributed by atoms with Crippen molar-refractivity contribution < 1.29 is 19.5 Å². The first-order valence-electron chi connectivity index (χ1n) is 14.1. The second-order valence-corrected chi connectivity index (χ2v) is 12.6. The number of para-hydroxylation sites is 2. The SMILES string of the molecule is Cc1cccc(C)c1N1CC=C[C@]23S[C@@H]4C=CCN(c5ccccc5)C(=O)[C@@H]4[C@H]2C(=O)N(CCCCO)C3C1=O. The molecule has 4 aliphatic heterocycles. The lowest BCUT2D eigenvalue weighted by atomic mass is 9.78. The molecule has 7 nitrogen and oxygen atoms in total. The van der Waals surface area contributed by atoms with Gasteiger partial charge >= 0.3 is 0 Å². The molecule has 1 spiro atoms. The number of aliphatic hydroxyl groups excluding tert-OH is 1. The number of anilines is 2. The first-order chi connectivity index (χ1) is 19.4. The van der Waals surface area contributed by atoms with Crippen molar-refractivity contribution in [2.45, 2.75) is 42.7 Å². The van der Waals surface area contributed by atoms with Crippen molar-refractivity contribution >= 4 is 40.9 Å². The predicted molar refractivity (Wildman–Crippen MR) is 158 cm³/mol. The Labute approximate surface area is 239 Å². The number of nitrogens with zero attached hydrogens (tertiary/aromatic N) is 3. The highest BCUT2D eigenvalue weighted by atomic mass is 32.2. The zero-order chi connectivity index (χ0) is 28.0. The average molecular weight is 558 g/mol. The highest BCUT2D eigenvalue weighted by Gasteiger charge is 2.71. The van der Waals surface area contributed by atoms with Crippen molar-refractivity contribution in [3.8, 4) is 0 Å². The molecule has 5 atom stereocenters. The maximum atomic E-state index is 14.6. The Bertz CT molecular complexity index is 1370. The van der Waals surface area contributed by atoms with E-state index in [1.54, 1.807) is 21.6 Å². The van der Waals surface area contributed by atoms with E-state index in [1.807, 2.05) is 79.4 Å². The number of amides is 3. The van der Waals surface area contributed by atoms with Gasteiger partial charge in [0, 0.05) is 42.9 Å². The lowest BCUT2D eigenvalue weighted by Crippen LogP contribution is -2.53. The predicted octanol–water partition coefficient (Wildman–Crippen LogP) is 3.88. The highest BCUT2D eigenvalue weighted by molar-refractivity contribution is 8.02. The zero-order valence-electron chi connectivity index (χ0n) is 22.9. The number of aliphatic hydroxyl groups is 1. The molecule has 4 aliphatic rings. The van der Waals surface area contributed by atoms with Crippen LogP contribution in [0.4, 0.5) is 11.4 Å². The minimum atomic E-state index is -0.853. The molecule has 1 unspecified atom stereocenters. The minimum absolute atomic E-state index is 0.0262. The molecule has 6 rings (SSSR count). The number of hydrogen-bond acceptors (Lipinski definition) is 5. The molecule has 0 saturated carbocycles. The van der Waals surface area contributed by atoms with Crippen LogP contribution in [0.5, 0.6) is 0 Å². The van der Waals surface area contributed by atoms with Crippen molar-refractivity contribution in [3.05, 3.63) is 84.0 Å². The van der Waals surface area contributed by atoms with Crippen LogP contribution in [0.2, 0.25) is 0 Å². The molecular weight excluding hydrogens is 522 g/mol. The van der Waals surface area contributed by atoms with Crippen LogP contribution in [0.1, 0.15) is 24.0 Å². The largest absolute Gasteiger partial charge is 0.396 e. The Kier molecular flexibility index (Phi) is 7.09. The van der Waals surface area contributed by atoms with Crippen molar-refractivity contribution in [1.82, 2.24) is 4.90 Å². The maximum Gasteiger partial charge on any atom is 0.251 e. The number of thioether (sulfide) groups is 1. The Balaban J connectivity index is 1.44. The van der Waals surface area contributed by atoms with E-state index in [-0.39, 0.29) is 29.6 Å². The molecule has 0 radical (unpaired) electrons. The summed E-state index contributed by atoms with van der Waals surface area (Å²) in [6, 6.07) is 14.8. The van der Waals surface area contributed by atoms with Crippen LogP contribution < -0.4 is 9.80 Å². The van der Waals surface area contributed by atoms with Gasteiger partial charge in [0.1, 0.15) is 6.04 Å². The molecule has 2 aromatic carbocycles. The Hall–Kier alpha value is -3.36. The van der Waals surface area contributed by atoms with Gasteiger partial charge in [-0.2, -0.15) is 0 Å². The fraction of sp³-hybridized carbons (Fsp3) is 0.406. The minimum Gasteiger partial charge on any atom is -0.396 e. The number of rotatable bonds is 6. The third-order valence-electron chi connectivity index (χ3n) is 8.74. The first kappa shape index (κ1) is 26.8. The molecule has 2 fully saturated rings. The number of fused-ring (bicyclic) bond motifs is 2. The molecule has 208 valence electrons. The Morgan fingerprint density at radius 1 is 0.875 bits per heavy atom. The van der Waals surface area contributed by atoms with Crippen LogP contribution in [0.3, 0.4) is 0 Å². The molecule has 0 aliphatic carbocycles. The van der Waals surface area contributed by atoms with Gasteiger partial charge in [0.05, 0.1) is 16.6 Å². The van der Waals surface area contributed by atoms with Gasteiger partial charge in [-0.15, -0.1) is 11.8 Å². The smallest absolute Gasteiger partial charge is 0.251 e. The molecule has 40 heavy (non-hydrogen) atoms. The number of carbonyl (C=O) groups excluding carboxylic acids is 3. The second-order valence-electron chi connectivity index (χ2n) is 11.1. The topological polar surface area (TPSA) is 81.2 Å². The van der Waals surface area contributed by atoms with Crippen LogP contribution in [0.15, 0.2) is 72.8 Å². The molecule has 0 aromatic heterocycles. The zero-order valence-corrected chi connectivity index (χ0v) is 23.7. The van der Waals surface area contributed by atoms with Gasteiger partial charge in [0.15, 0.2) is 0 Å². The summed E-state index contributed by atoms with van der Waals surface area (Å²) in [5.74, 6) is -1.55. The van der Waals surface area contributed by atoms with Crippen LogP contribution in [-0.4, -0.2) is 70.0 Å². The molecule has 8 heteroatoms. The Morgan fingerprint density at radius 3 is 2.33 bits per heavy atom. The van der Waals surface area contributed by atoms with E-state index in [0.717, 1.165) is 22.5 Å². The van der Waals surface area contributed by atoms with Crippen LogP contribution in [0, 0.1) is 25.7 Å². The lowest BCUT2D eigenvalue weighted by molar-refractivity contribution is -0.138. The lowest BCUT2D eigenvalue weighted by Gasteiger charge is -2.36. The van der Waals surface area contributed by atoms with Crippen molar-refractivity contribution in [3.63, 3.8) is 0 Å². The summed E-state index contributed by atoms with van der Waals surface area (Å²) in [5, 5.41) is 9.25. The molecule has 3 amide bonds. The number of likely N-dealkylation sites (tertiary alicyclic amines) is 1. The summed E-state index contributed by atoms with van der Waals surface area (Å²) in [7, 11) is 0. The van der Waals surface area contributed by atoms with Gasteiger partial charge in [-0.25, -0.2) is 0 Å². The molecule has 1 N–H and O–H groups in total. The van der Waals surface area contributed by atoms with Crippen LogP contribution >= 0.6 is 11.8 Å². The summed E-state index contributed by atoms with van der Waals surface area (Å²) in [6.07, 6.45) is 9.29. The molecular formula is C32H35N3O4S. The van der Waals surface area contributed by atoms with Gasteiger partial charge in [0.25, 0.3) is 5.91 Å². The summed E-state index contributed by atoms with van der Waals surface area (Å²) >= 11 is 1.60. The van der Waals surface area contributed by atoms with Gasteiger partial charge in [0.2, 0.25) is 11.8 Å². The number of hydrogen-bond donors (Lipinski definition) is 1. The Morgan fingerprint density at radius 2 is 1.60 bits per heavy atom. The van der Waals surface area contributed by atoms with E-state index in [2.05, 4.69) is 12.2 Å². The van der Waals surface area contributed by atoms with Gasteiger partial charge < -0.3 is 19.8 Å². The summed E-state index contributed by atoms with van der Waals surface area (Å²) in [5.41, 5.74) is 3.69. The number of benzene rings is 2. The fourth-order valence-corrected chi connectivity index (χ4v) is 9.05. The maximum absolute atomic E-state index is 14.6. The number of aryl methyl sites for hydroxylation is 2. The third kappa shape index (κ3) is 4.11. The van der Waals surface area contributed by atoms with E-state index in [0.29, 0.717) is 32.5 Å². The van der Waals surface area contributed by atoms with E-state index in [1.165, 1.54) is 0 Å². The molecule has 2 saturated heterocycles. The molecule has 0 bridgehead atoms. The van der Waals surface area contributed by atoms with Crippen molar-refractivity contribution in [2.75, 3.05) is 36.0 Å². The third-order valence-corrected chi connectivity index (χ3v) is 10.5. The average Bonchev–Trinajstić information content (AvgIpc) is 3.25. The van der Waals surface area contributed by atoms with Crippen molar-refractivity contribution in [1.29, 1.82) is 0 Å². The fourth-order valence-electron chi connectivity index (χ4n) is 7.04. The van der Waals surface area contributed by atoms with Crippen LogP contribution in [0.25, 0.3) is 0 Å². The van der Waals surface area contributed by atoms with Gasteiger partial charge in [-0.05, 0) is 49.9 Å². The monoisotopic (exact) mass is 557 g/mol. The van der Waals surface area contributed by atoms with E-state index in [4.69, 9.17) is 0 Å². The van der Waals surface area contributed by atoms with Crippen LogP contribution in [-0.2, 0) is 14.4 Å². The standard InChI is InChI=1S/C32H35N3O4S/c1-21-11-8-12-22(2)27(21)34-19-10-16-32-26(30(38)35(17-6-7-20-36)28(32)31(34)39)25-24(40-32)15-9-18-33(29(25)37)23-13-4-3-5-14-23/h3-5,8-16,24-26,28,36H,6-7,17-20H2,1-2H3/t24-,25+,26+,28?,32+/m1/s1. The number of unbranched alkanes of at least 4 members (excludes halogenated alkanes) is 1. The second kappa shape index (κ2) is 10.6. The van der Waals surface area contributed by atoms with Gasteiger partial charge in [-0.1, -0.05) is 60.7 Å². The first-order valence-corrected chi connectivity index (χ1v) is 14.9. The van der Waals surface area contributed by atoms with E-state index < -0.39 is 22.6 Å². The quantitative estimate of drug-likeness (QED) is 0.431. The summed E-state index contributed by atoms with van der Waals surface area (Å²) < 4.78 is -0.853. The number of carbonyl (C=O) groups is 3. The summed E-state index contributed by atoms with van der Waals surface area (Å²) in [6.45, 7) is 5.26.